The maximum Gasteiger partial charge on any atom is 0.191 e. The first kappa shape index (κ1) is 19.9. The lowest BCUT2D eigenvalue weighted by molar-refractivity contribution is 0.0689. The van der Waals surface area contributed by atoms with E-state index in [0.717, 1.165) is 49.2 Å². The molecule has 0 spiro atoms. The van der Waals surface area contributed by atoms with Gasteiger partial charge in [-0.3, -0.25) is 0 Å². The number of hydrogen-bond acceptors (Lipinski definition) is 5. The maximum atomic E-state index is 5.44. The predicted octanol–water partition coefficient (Wildman–Crippen LogP) is 2.26. The molecule has 23 heavy (non-hydrogen) atoms. The van der Waals surface area contributed by atoms with E-state index in [9.17, 15) is 0 Å². The number of hydrogen-bond donors (Lipinski definition) is 2. The molecule has 0 aliphatic heterocycles. The molecule has 0 atom stereocenters. The minimum Gasteiger partial charge on any atom is -0.382 e. The Labute approximate surface area is 143 Å². The third kappa shape index (κ3) is 8.88. The van der Waals surface area contributed by atoms with Crippen molar-refractivity contribution in [1.29, 1.82) is 0 Å². The van der Waals surface area contributed by atoms with Gasteiger partial charge in [0.2, 0.25) is 0 Å². The molecular weight excluding hydrogens is 312 g/mol. The summed E-state index contributed by atoms with van der Waals surface area (Å²) in [5.41, 5.74) is 1.10. The lowest BCUT2D eigenvalue weighted by Gasteiger charge is -2.11. The minimum absolute atomic E-state index is 0.620. The predicted molar refractivity (Wildman–Crippen MR) is 96.3 cm³/mol. The number of nitrogens with one attached hydrogen (secondary N) is 2. The molecule has 0 radical (unpaired) electrons. The van der Waals surface area contributed by atoms with Gasteiger partial charge in [0, 0.05) is 31.7 Å². The molecule has 1 rings (SSSR count). The van der Waals surface area contributed by atoms with Crippen molar-refractivity contribution in [2.75, 3.05) is 40.0 Å². The molecule has 0 aliphatic carbocycles. The van der Waals surface area contributed by atoms with Crippen LogP contribution in [0.1, 0.15) is 35.3 Å². The van der Waals surface area contributed by atoms with E-state index in [2.05, 4.69) is 34.5 Å². The number of aromatic nitrogens is 1. The molecule has 7 heteroatoms. The molecule has 0 saturated carbocycles. The van der Waals surface area contributed by atoms with Crippen molar-refractivity contribution in [2.24, 2.45) is 4.99 Å². The normalized spacial score (nSPS) is 11.7. The molecule has 0 saturated heterocycles. The van der Waals surface area contributed by atoms with Crippen molar-refractivity contribution in [3.8, 4) is 0 Å². The standard InChI is InChI=1S/C16H30N4O2S/c1-5-17-16(18-8-6-7-9-22-11-10-21-4)19-12-15-20-13(2)14(3)23-15/h5-12H2,1-4H3,(H2,17,18,19). The average molecular weight is 343 g/mol. The summed E-state index contributed by atoms with van der Waals surface area (Å²) in [6, 6.07) is 0. The number of guanidine groups is 1. The van der Waals surface area contributed by atoms with E-state index >= 15 is 0 Å². The molecule has 2 N–H and O–H groups in total. The van der Waals surface area contributed by atoms with Crippen LogP contribution in [0.4, 0.5) is 0 Å². The van der Waals surface area contributed by atoms with Crippen molar-refractivity contribution in [3.05, 3.63) is 15.6 Å². The molecule has 132 valence electrons. The number of thiazole rings is 1. The van der Waals surface area contributed by atoms with Crippen LogP contribution in [0.25, 0.3) is 0 Å². The van der Waals surface area contributed by atoms with E-state index in [1.165, 1.54) is 4.88 Å². The van der Waals surface area contributed by atoms with Gasteiger partial charge in [0.25, 0.3) is 0 Å². The van der Waals surface area contributed by atoms with Crippen LogP contribution in [-0.4, -0.2) is 51.0 Å². The second-order valence-corrected chi connectivity index (χ2v) is 6.47. The summed E-state index contributed by atoms with van der Waals surface area (Å²) < 4.78 is 10.4. The molecule has 6 nitrogen and oxygen atoms in total. The zero-order chi connectivity index (χ0) is 16.9. The van der Waals surface area contributed by atoms with Crippen LogP contribution in [0.3, 0.4) is 0 Å². The van der Waals surface area contributed by atoms with E-state index in [1.807, 2.05) is 6.92 Å². The highest BCUT2D eigenvalue weighted by Gasteiger charge is 2.03. The van der Waals surface area contributed by atoms with Crippen molar-refractivity contribution in [3.63, 3.8) is 0 Å². The fourth-order valence-corrected chi connectivity index (χ4v) is 2.73. The second-order valence-electron chi connectivity index (χ2n) is 5.18. The Hall–Kier alpha value is -1.18. The van der Waals surface area contributed by atoms with Gasteiger partial charge in [0.05, 0.1) is 25.5 Å². The summed E-state index contributed by atoms with van der Waals surface area (Å²) in [4.78, 5) is 10.4. The number of unbranched alkanes of at least 4 members (excludes halogenated alkanes) is 1. The van der Waals surface area contributed by atoms with Gasteiger partial charge in [-0.15, -0.1) is 11.3 Å². The van der Waals surface area contributed by atoms with Crippen molar-refractivity contribution in [2.45, 2.75) is 40.2 Å². The van der Waals surface area contributed by atoms with Crippen molar-refractivity contribution < 1.29 is 9.47 Å². The molecule has 0 aromatic carbocycles. The summed E-state index contributed by atoms with van der Waals surface area (Å²) in [7, 11) is 1.68. The number of aryl methyl sites for hydroxylation is 2. The fraction of sp³-hybridized carbons (Fsp3) is 0.750. The summed E-state index contributed by atoms with van der Waals surface area (Å²) >= 11 is 1.72. The van der Waals surface area contributed by atoms with Gasteiger partial charge in [0.15, 0.2) is 5.96 Å². The van der Waals surface area contributed by atoms with Crippen LogP contribution in [0.2, 0.25) is 0 Å². The Morgan fingerprint density at radius 1 is 1.17 bits per heavy atom. The monoisotopic (exact) mass is 342 g/mol. The Kier molecular flexibility index (Phi) is 10.6. The first-order chi connectivity index (χ1) is 11.2. The largest absolute Gasteiger partial charge is 0.382 e. The van der Waals surface area contributed by atoms with E-state index in [-0.39, 0.29) is 0 Å². The van der Waals surface area contributed by atoms with Gasteiger partial charge in [0.1, 0.15) is 5.01 Å². The topological polar surface area (TPSA) is 67.8 Å². The molecule has 0 fully saturated rings. The molecular formula is C16H30N4O2S. The smallest absolute Gasteiger partial charge is 0.191 e. The fourth-order valence-electron chi connectivity index (χ4n) is 1.88. The Balaban J connectivity index is 2.24. The third-order valence-electron chi connectivity index (χ3n) is 3.23. The molecule has 0 aliphatic rings. The Bertz CT molecular complexity index is 443. The third-order valence-corrected chi connectivity index (χ3v) is 4.29. The van der Waals surface area contributed by atoms with Gasteiger partial charge < -0.3 is 20.1 Å². The zero-order valence-corrected chi connectivity index (χ0v) is 15.6. The van der Waals surface area contributed by atoms with Crippen LogP contribution < -0.4 is 10.6 Å². The summed E-state index contributed by atoms with van der Waals surface area (Å²) in [6.07, 6.45) is 2.08. The van der Waals surface area contributed by atoms with Crippen molar-refractivity contribution >= 4 is 17.3 Å². The molecule has 1 heterocycles. The zero-order valence-electron chi connectivity index (χ0n) is 14.8. The van der Waals surface area contributed by atoms with Crippen LogP contribution in [0.5, 0.6) is 0 Å². The van der Waals surface area contributed by atoms with Gasteiger partial charge in [-0.2, -0.15) is 0 Å². The van der Waals surface area contributed by atoms with Crippen LogP contribution in [-0.2, 0) is 16.0 Å². The highest BCUT2D eigenvalue weighted by Crippen LogP contribution is 2.16. The summed E-state index contributed by atoms with van der Waals surface area (Å²) in [5, 5.41) is 7.67. The van der Waals surface area contributed by atoms with Crippen LogP contribution in [0, 0.1) is 13.8 Å². The lowest BCUT2D eigenvalue weighted by Crippen LogP contribution is -2.37. The van der Waals surface area contributed by atoms with Gasteiger partial charge in [-0.1, -0.05) is 0 Å². The highest BCUT2D eigenvalue weighted by molar-refractivity contribution is 7.11. The molecule has 1 aromatic rings. The first-order valence-electron chi connectivity index (χ1n) is 8.19. The Morgan fingerprint density at radius 2 is 2.00 bits per heavy atom. The SMILES string of the molecule is CCNC(=NCc1nc(C)c(C)s1)NCCCCOCCOC. The highest BCUT2D eigenvalue weighted by atomic mass is 32.1. The van der Waals surface area contributed by atoms with Gasteiger partial charge in [-0.05, 0) is 33.6 Å². The number of nitrogens with zero attached hydrogens (tertiary/aromatic N) is 2. The van der Waals surface area contributed by atoms with Gasteiger partial charge >= 0.3 is 0 Å². The number of ether oxygens (including phenoxy) is 2. The number of rotatable bonds is 11. The van der Waals surface area contributed by atoms with E-state index in [1.54, 1.807) is 18.4 Å². The maximum absolute atomic E-state index is 5.44. The van der Waals surface area contributed by atoms with Gasteiger partial charge in [-0.25, -0.2) is 9.98 Å². The quantitative estimate of drug-likeness (QED) is 0.367. The minimum atomic E-state index is 0.620. The van der Waals surface area contributed by atoms with Crippen LogP contribution >= 0.6 is 11.3 Å². The number of aliphatic imine (C=N–C) groups is 1. The summed E-state index contributed by atoms with van der Waals surface area (Å²) in [5.74, 6) is 0.846. The molecule has 0 amide bonds. The summed E-state index contributed by atoms with van der Waals surface area (Å²) in [6.45, 7) is 10.7. The Morgan fingerprint density at radius 3 is 2.65 bits per heavy atom. The first-order valence-corrected chi connectivity index (χ1v) is 9.00. The van der Waals surface area contributed by atoms with E-state index in [0.29, 0.717) is 19.8 Å². The second kappa shape index (κ2) is 12.3. The molecule has 0 bridgehead atoms. The van der Waals surface area contributed by atoms with E-state index in [4.69, 9.17) is 9.47 Å². The average Bonchev–Trinajstić information content (AvgIpc) is 2.86. The molecule has 1 aromatic heterocycles. The number of methoxy groups -OCH3 is 1. The lowest BCUT2D eigenvalue weighted by atomic mass is 10.3. The van der Waals surface area contributed by atoms with Crippen molar-refractivity contribution in [1.82, 2.24) is 15.6 Å². The van der Waals surface area contributed by atoms with E-state index < -0.39 is 0 Å². The molecule has 0 unspecified atom stereocenters. The van der Waals surface area contributed by atoms with Crippen LogP contribution in [0.15, 0.2) is 4.99 Å².